The average Bonchev–Trinajstić information content (AvgIpc) is 3.26. The van der Waals surface area contributed by atoms with Crippen LogP contribution in [0.4, 0.5) is 10.1 Å². The van der Waals surface area contributed by atoms with Gasteiger partial charge in [0.15, 0.2) is 16.3 Å². The van der Waals surface area contributed by atoms with Crippen molar-refractivity contribution in [3.63, 3.8) is 0 Å². The summed E-state index contributed by atoms with van der Waals surface area (Å²) in [5.74, 6) is 1.89. The Kier molecular flexibility index (Phi) is 9.54. The molecule has 4 aromatic rings. The summed E-state index contributed by atoms with van der Waals surface area (Å²) in [6, 6.07) is 18.1. The standard InChI is InChI=1S/C26H24BrFN2O3S.BrH/c1-31-23-11-5-18(15-21(23)27)22-16-34-26(29-20-8-6-19(28)7-9-20)30(22)13-12-17-4-10-24(32-2)25(14-17)33-3;/h4-11,14-16H,12-13H2,1-3H3;1H. The molecular weight excluding hydrogens is 599 g/mol. The number of ether oxygens (including phenoxy) is 3. The summed E-state index contributed by atoms with van der Waals surface area (Å²) in [4.78, 5) is 5.62. The van der Waals surface area contributed by atoms with Crippen LogP contribution >= 0.6 is 44.2 Å². The van der Waals surface area contributed by atoms with Gasteiger partial charge in [-0.25, -0.2) is 9.38 Å². The Morgan fingerprint density at radius 3 is 2.23 bits per heavy atom. The molecule has 0 aliphatic heterocycles. The fourth-order valence-corrected chi connectivity index (χ4v) is 5.09. The Balaban J connectivity index is 0.00000342. The predicted molar refractivity (Wildman–Crippen MR) is 147 cm³/mol. The van der Waals surface area contributed by atoms with Crippen LogP contribution in [-0.2, 0) is 13.0 Å². The summed E-state index contributed by atoms with van der Waals surface area (Å²) in [5.41, 5.74) is 3.89. The van der Waals surface area contributed by atoms with Crippen molar-refractivity contribution in [3.8, 4) is 28.5 Å². The van der Waals surface area contributed by atoms with E-state index >= 15 is 0 Å². The SMILES string of the molecule is Br.COc1ccc(-c2csc(=Nc3ccc(F)cc3)n2CCc2ccc(OC)c(OC)c2)cc1Br. The second kappa shape index (κ2) is 12.4. The first-order valence-corrected chi connectivity index (χ1v) is 12.2. The lowest BCUT2D eigenvalue weighted by atomic mass is 10.1. The molecule has 1 heterocycles. The van der Waals surface area contributed by atoms with Gasteiger partial charge in [0.05, 0.1) is 37.2 Å². The van der Waals surface area contributed by atoms with Crippen molar-refractivity contribution < 1.29 is 18.6 Å². The Bertz CT molecular complexity index is 1350. The highest BCUT2D eigenvalue weighted by Gasteiger charge is 2.12. The fraction of sp³-hybridized carbons (Fsp3) is 0.192. The maximum Gasteiger partial charge on any atom is 0.190 e. The van der Waals surface area contributed by atoms with Gasteiger partial charge < -0.3 is 18.8 Å². The second-order valence-electron chi connectivity index (χ2n) is 7.43. The Hall–Kier alpha value is -2.62. The van der Waals surface area contributed by atoms with Gasteiger partial charge in [-0.2, -0.15) is 0 Å². The minimum atomic E-state index is -0.282. The Morgan fingerprint density at radius 1 is 0.886 bits per heavy atom. The summed E-state index contributed by atoms with van der Waals surface area (Å²) >= 11 is 5.13. The number of hydrogen-bond donors (Lipinski definition) is 0. The van der Waals surface area contributed by atoms with Gasteiger partial charge in [0.1, 0.15) is 11.6 Å². The molecule has 0 saturated carbocycles. The lowest BCUT2D eigenvalue weighted by molar-refractivity contribution is 0.354. The molecule has 5 nitrogen and oxygen atoms in total. The molecule has 0 aliphatic rings. The topological polar surface area (TPSA) is 45.0 Å². The van der Waals surface area contributed by atoms with Crippen molar-refractivity contribution in [1.29, 1.82) is 0 Å². The quantitative estimate of drug-likeness (QED) is 0.209. The van der Waals surface area contributed by atoms with Crippen LogP contribution in [0.2, 0.25) is 0 Å². The molecule has 35 heavy (non-hydrogen) atoms. The molecule has 0 N–H and O–H groups in total. The smallest absolute Gasteiger partial charge is 0.190 e. The Morgan fingerprint density at radius 2 is 1.57 bits per heavy atom. The highest BCUT2D eigenvalue weighted by atomic mass is 79.9. The van der Waals surface area contributed by atoms with Gasteiger partial charge in [-0.3, -0.25) is 0 Å². The van der Waals surface area contributed by atoms with Crippen molar-refractivity contribution in [1.82, 2.24) is 4.57 Å². The van der Waals surface area contributed by atoms with Crippen LogP contribution in [0.15, 0.2) is 75.5 Å². The van der Waals surface area contributed by atoms with Crippen LogP contribution in [0.25, 0.3) is 11.3 Å². The molecule has 4 rings (SSSR count). The van der Waals surface area contributed by atoms with Crippen molar-refractivity contribution in [3.05, 3.63) is 86.7 Å². The number of hydrogen-bond acceptors (Lipinski definition) is 5. The van der Waals surface area contributed by atoms with Gasteiger partial charge in [0, 0.05) is 17.5 Å². The van der Waals surface area contributed by atoms with Gasteiger partial charge in [0.2, 0.25) is 0 Å². The van der Waals surface area contributed by atoms with E-state index in [0.717, 1.165) is 38.3 Å². The molecule has 3 aromatic carbocycles. The maximum atomic E-state index is 13.4. The molecule has 0 radical (unpaired) electrons. The fourth-order valence-electron chi connectivity index (χ4n) is 3.59. The summed E-state index contributed by atoms with van der Waals surface area (Å²) in [7, 11) is 4.91. The van der Waals surface area contributed by atoms with Gasteiger partial charge in [-0.15, -0.1) is 28.3 Å². The zero-order chi connectivity index (χ0) is 24.1. The number of nitrogens with zero attached hydrogens (tertiary/aromatic N) is 2. The lowest BCUT2D eigenvalue weighted by Crippen LogP contribution is -2.17. The number of aryl methyl sites for hydroxylation is 1. The maximum absolute atomic E-state index is 13.4. The van der Waals surface area contributed by atoms with Crippen LogP contribution in [0, 0.1) is 5.82 Å². The predicted octanol–water partition coefficient (Wildman–Crippen LogP) is 7.20. The number of thiazole rings is 1. The first-order chi connectivity index (χ1) is 16.5. The molecule has 0 saturated heterocycles. The van der Waals surface area contributed by atoms with E-state index < -0.39 is 0 Å². The van der Waals surface area contributed by atoms with E-state index in [-0.39, 0.29) is 22.8 Å². The van der Waals surface area contributed by atoms with Crippen LogP contribution in [0.5, 0.6) is 17.2 Å². The van der Waals surface area contributed by atoms with E-state index in [0.29, 0.717) is 23.7 Å². The molecule has 1 aromatic heterocycles. The first kappa shape index (κ1) is 27.0. The van der Waals surface area contributed by atoms with E-state index in [4.69, 9.17) is 19.2 Å². The molecule has 9 heteroatoms. The number of halogens is 3. The number of aromatic nitrogens is 1. The van der Waals surface area contributed by atoms with Crippen LogP contribution in [-0.4, -0.2) is 25.9 Å². The molecule has 184 valence electrons. The van der Waals surface area contributed by atoms with Gasteiger partial charge in [-0.05, 0) is 82.5 Å². The van der Waals surface area contributed by atoms with Crippen molar-refractivity contribution in [2.75, 3.05) is 21.3 Å². The zero-order valence-electron chi connectivity index (χ0n) is 19.5. The number of methoxy groups -OCH3 is 3. The van der Waals surface area contributed by atoms with Crippen molar-refractivity contribution in [2.45, 2.75) is 13.0 Å². The molecule has 0 atom stereocenters. The van der Waals surface area contributed by atoms with E-state index in [1.807, 2.05) is 36.4 Å². The second-order valence-corrected chi connectivity index (χ2v) is 9.12. The highest BCUT2D eigenvalue weighted by Crippen LogP contribution is 2.32. The van der Waals surface area contributed by atoms with Gasteiger partial charge >= 0.3 is 0 Å². The molecule has 0 bridgehead atoms. The molecular formula is C26H25Br2FN2O3S. The summed E-state index contributed by atoms with van der Waals surface area (Å²) in [6.45, 7) is 0.692. The van der Waals surface area contributed by atoms with E-state index in [9.17, 15) is 4.39 Å². The third-order valence-electron chi connectivity index (χ3n) is 5.37. The summed E-state index contributed by atoms with van der Waals surface area (Å²) in [6.07, 6.45) is 0.762. The van der Waals surface area contributed by atoms with Crippen LogP contribution in [0.3, 0.4) is 0 Å². The number of rotatable bonds is 8. The van der Waals surface area contributed by atoms with Gasteiger partial charge in [0.25, 0.3) is 0 Å². The van der Waals surface area contributed by atoms with Crippen molar-refractivity contribution >= 4 is 49.9 Å². The summed E-state index contributed by atoms with van der Waals surface area (Å²) in [5, 5.41) is 2.09. The van der Waals surface area contributed by atoms with Crippen molar-refractivity contribution in [2.24, 2.45) is 4.99 Å². The average molecular weight is 624 g/mol. The third kappa shape index (κ3) is 6.34. The van der Waals surface area contributed by atoms with E-state index in [1.165, 1.54) is 12.1 Å². The normalized spacial score (nSPS) is 11.2. The third-order valence-corrected chi connectivity index (χ3v) is 6.85. The monoisotopic (exact) mass is 622 g/mol. The zero-order valence-corrected chi connectivity index (χ0v) is 23.6. The molecule has 0 spiro atoms. The molecule has 0 unspecified atom stereocenters. The minimum absolute atomic E-state index is 0. The first-order valence-electron chi connectivity index (χ1n) is 10.6. The minimum Gasteiger partial charge on any atom is -0.496 e. The lowest BCUT2D eigenvalue weighted by Gasteiger charge is -2.13. The van der Waals surface area contributed by atoms with Gasteiger partial charge in [-0.1, -0.05) is 6.07 Å². The largest absolute Gasteiger partial charge is 0.496 e. The molecule has 0 aliphatic carbocycles. The summed E-state index contributed by atoms with van der Waals surface area (Å²) < 4.78 is 32.6. The highest BCUT2D eigenvalue weighted by molar-refractivity contribution is 9.10. The molecule has 0 fully saturated rings. The van der Waals surface area contributed by atoms with Crippen LogP contribution < -0.4 is 19.0 Å². The van der Waals surface area contributed by atoms with E-state index in [1.54, 1.807) is 44.8 Å². The Labute approximate surface area is 226 Å². The number of benzene rings is 3. The van der Waals surface area contributed by atoms with Crippen LogP contribution in [0.1, 0.15) is 5.56 Å². The molecule has 0 amide bonds. The van der Waals surface area contributed by atoms with E-state index in [2.05, 4.69) is 25.9 Å².